The molecule has 0 fully saturated rings. The second-order valence-electron chi connectivity index (χ2n) is 5.32. The predicted octanol–water partition coefficient (Wildman–Crippen LogP) is 2.22. The largest absolute Gasteiger partial charge is 0.486 e. The smallest absolute Gasteiger partial charge is 0.161 e. The van der Waals surface area contributed by atoms with Gasteiger partial charge in [-0.2, -0.15) is 5.10 Å². The molecule has 2 aromatic rings. The third kappa shape index (κ3) is 3.76. The summed E-state index contributed by atoms with van der Waals surface area (Å²) in [6.45, 7) is 5.22. The Labute approximate surface area is 124 Å². The molecule has 0 saturated carbocycles. The van der Waals surface area contributed by atoms with Gasteiger partial charge >= 0.3 is 0 Å². The van der Waals surface area contributed by atoms with Crippen LogP contribution in [0.25, 0.3) is 0 Å². The van der Waals surface area contributed by atoms with Crippen LogP contribution in [0.5, 0.6) is 11.5 Å². The second-order valence-corrected chi connectivity index (χ2v) is 5.32. The first-order valence-corrected chi connectivity index (χ1v) is 7.40. The molecule has 1 N–H and O–H groups in total. The Morgan fingerprint density at radius 3 is 2.95 bits per heavy atom. The highest BCUT2D eigenvalue weighted by Gasteiger charge is 2.11. The number of hydrogen-bond acceptors (Lipinski definition) is 4. The van der Waals surface area contributed by atoms with Crippen LogP contribution in [0.3, 0.4) is 0 Å². The van der Waals surface area contributed by atoms with Gasteiger partial charge in [0, 0.05) is 31.5 Å². The van der Waals surface area contributed by atoms with E-state index in [0.29, 0.717) is 19.3 Å². The summed E-state index contributed by atoms with van der Waals surface area (Å²) in [6, 6.07) is 8.51. The van der Waals surface area contributed by atoms with Crippen molar-refractivity contribution in [2.45, 2.75) is 32.5 Å². The zero-order valence-corrected chi connectivity index (χ0v) is 12.3. The van der Waals surface area contributed by atoms with Crippen LogP contribution in [0.15, 0.2) is 36.7 Å². The predicted molar refractivity (Wildman–Crippen MR) is 80.6 cm³/mol. The SMILES string of the molecule is C[C@@H](CCn1cccn1)NCc1ccc2c(c1)OCCO2. The average Bonchev–Trinajstić information content (AvgIpc) is 3.04. The van der Waals surface area contributed by atoms with Crippen molar-refractivity contribution < 1.29 is 9.47 Å². The average molecular weight is 287 g/mol. The van der Waals surface area contributed by atoms with Gasteiger partial charge in [-0.25, -0.2) is 0 Å². The molecule has 0 saturated heterocycles. The van der Waals surface area contributed by atoms with E-state index >= 15 is 0 Å². The van der Waals surface area contributed by atoms with Crippen molar-refractivity contribution in [3.8, 4) is 11.5 Å². The Kier molecular flexibility index (Phi) is 4.40. The highest BCUT2D eigenvalue weighted by atomic mass is 16.6. The molecule has 0 aliphatic carbocycles. The highest BCUT2D eigenvalue weighted by Crippen LogP contribution is 2.30. The first-order chi connectivity index (χ1) is 10.3. The summed E-state index contributed by atoms with van der Waals surface area (Å²) in [5.74, 6) is 1.70. The van der Waals surface area contributed by atoms with Gasteiger partial charge in [-0.1, -0.05) is 6.07 Å². The minimum absolute atomic E-state index is 0.433. The van der Waals surface area contributed by atoms with Crippen molar-refractivity contribution in [3.63, 3.8) is 0 Å². The summed E-state index contributed by atoms with van der Waals surface area (Å²) in [7, 11) is 0. The van der Waals surface area contributed by atoms with Crippen LogP contribution in [0.1, 0.15) is 18.9 Å². The van der Waals surface area contributed by atoms with Crippen LogP contribution in [0.2, 0.25) is 0 Å². The normalized spacial score (nSPS) is 14.9. The van der Waals surface area contributed by atoms with Crippen LogP contribution in [0, 0.1) is 0 Å². The Bertz CT molecular complexity index is 569. The Balaban J connectivity index is 1.48. The molecule has 0 radical (unpaired) electrons. The van der Waals surface area contributed by atoms with Crippen molar-refractivity contribution in [1.29, 1.82) is 0 Å². The fraction of sp³-hybridized carbons (Fsp3) is 0.438. The summed E-state index contributed by atoms with van der Waals surface area (Å²) < 4.78 is 13.1. The lowest BCUT2D eigenvalue weighted by molar-refractivity contribution is 0.171. The fourth-order valence-electron chi connectivity index (χ4n) is 2.35. The monoisotopic (exact) mass is 287 g/mol. The molecule has 112 valence electrons. The summed E-state index contributed by atoms with van der Waals surface area (Å²) in [5.41, 5.74) is 1.21. The number of ether oxygens (including phenoxy) is 2. The Hall–Kier alpha value is -2.01. The molecule has 1 aliphatic rings. The molecule has 3 rings (SSSR count). The number of aryl methyl sites for hydroxylation is 1. The van der Waals surface area contributed by atoms with Crippen LogP contribution < -0.4 is 14.8 Å². The third-order valence-electron chi connectivity index (χ3n) is 3.61. The fourth-order valence-corrected chi connectivity index (χ4v) is 2.35. The van der Waals surface area contributed by atoms with Crippen LogP contribution >= 0.6 is 0 Å². The van der Waals surface area contributed by atoms with Gasteiger partial charge < -0.3 is 14.8 Å². The molecule has 21 heavy (non-hydrogen) atoms. The van der Waals surface area contributed by atoms with E-state index in [1.807, 2.05) is 29.2 Å². The number of aromatic nitrogens is 2. The molecule has 1 atom stereocenters. The van der Waals surface area contributed by atoms with E-state index in [4.69, 9.17) is 9.47 Å². The molecule has 1 aliphatic heterocycles. The van der Waals surface area contributed by atoms with E-state index in [9.17, 15) is 0 Å². The van der Waals surface area contributed by atoms with Crippen LogP contribution in [0.4, 0.5) is 0 Å². The maximum absolute atomic E-state index is 5.60. The summed E-state index contributed by atoms with van der Waals surface area (Å²) >= 11 is 0. The lowest BCUT2D eigenvalue weighted by atomic mass is 10.1. The van der Waals surface area contributed by atoms with E-state index in [0.717, 1.165) is 31.0 Å². The van der Waals surface area contributed by atoms with E-state index < -0.39 is 0 Å². The Morgan fingerprint density at radius 2 is 2.14 bits per heavy atom. The van der Waals surface area contributed by atoms with Gasteiger partial charge in [-0.05, 0) is 37.1 Å². The zero-order valence-electron chi connectivity index (χ0n) is 12.3. The molecule has 0 bridgehead atoms. The first kappa shape index (κ1) is 13.9. The molecule has 0 amide bonds. The lowest BCUT2D eigenvalue weighted by Crippen LogP contribution is -2.27. The Morgan fingerprint density at radius 1 is 1.29 bits per heavy atom. The maximum Gasteiger partial charge on any atom is 0.161 e. The summed E-state index contributed by atoms with van der Waals surface area (Å²) in [6.07, 6.45) is 4.85. The van der Waals surface area contributed by atoms with Gasteiger partial charge in [0.25, 0.3) is 0 Å². The van der Waals surface area contributed by atoms with E-state index in [2.05, 4.69) is 29.5 Å². The standard InChI is InChI=1S/C16H21N3O2/c1-13(5-8-19-7-2-6-18-19)17-12-14-3-4-15-16(11-14)21-10-9-20-15/h2-4,6-7,11,13,17H,5,8-10,12H2,1H3/t13-/m0/s1. The third-order valence-corrected chi connectivity index (χ3v) is 3.61. The molecular weight excluding hydrogens is 266 g/mol. The van der Waals surface area contributed by atoms with Gasteiger partial charge in [0.2, 0.25) is 0 Å². The molecule has 2 heterocycles. The van der Waals surface area contributed by atoms with Crippen LogP contribution in [-0.4, -0.2) is 29.0 Å². The highest BCUT2D eigenvalue weighted by molar-refractivity contribution is 5.43. The summed E-state index contributed by atoms with van der Waals surface area (Å²) in [4.78, 5) is 0. The number of hydrogen-bond donors (Lipinski definition) is 1. The van der Waals surface area contributed by atoms with Gasteiger partial charge in [-0.15, -0.1) is 0 Å². The molecule has 5 nitrogen and oxygen atoms in total. The second kappa shape index (κ2) is 6.63. The zero-order chi connectivity index (χ0) is 14.5. The van der Waals surface area contributed by atoms with Gasteiger partial charge in [-0.3, -0.25) is 4.68 Å². The van der Waals surface area contributed by atoms with Gasteiger partial charge in [0.05, 0.1) is 0 Å². The van der Waals surface area contributed by atoms with E-state index in [-0.39, 0.29) is 0 Å². The van der Waals surface area contributed by atoms with E-state index in [1.165, 1.54) is 5.56 Å². The van der Waals surface area contributed by atoms with Crippen molar-refractivity contribution in [2.24, 2.45) is 0 Å². The molecule has 5 heteroatoms. The van der Waals surface area contributed by atoms with Crippen molar-refractivity contribution in [3.05, 3.63) is 42.2 Å². The van der Waals surface area contributed by atoms with Crippen molar-refractivity contribution >= 4 is 0 Å². The topological polar surface area (TPSA) is 48.3 Å². The van der Waals surface area contributed by atoms with E-state index in [1.54, 1.807) is 0 Å². The van der Waals surface area contributed by atoms with Gasteiger partial charge in [0.15, 0.2) is 11.5 Å². The number of nitrogens with zero attached hydrogens (tertiary/aromatic N) is 2. The minimum atomic E-state index is 0.433. The van der Waals surface area contributed by atoms with Crippen molar-refractivity contribution in [2.75, 3.05) is 13.2 Å². The summed E-state index contributed by atoms with van der Waals surface area (Å²) in [5, 5.41) is 7.74. The first-order valence-electron chi connectivity index (χ1n) is 7.40. The van der Waals surface area contributed by atoms with Crippen molar-refractivity contribution in [1.82, 2.24) is 15.1 Å². The van der Waals surface area contributed by atoms with Crippen LogP contribution in [-0.2, 0) is 13.1 Å². The molecule has 0 unspecified atom stereocenters. The quantitative estimate of drug-likeness (QED) is 0.885. The molecule has 1 aromatic carbocycles. The minimum Gasteiger partial charge on any atom is -0.486 e. The number of nitrogens with one attached hydrogen (secondary N) is 1. The number of rotatable bonds is 6. The number of fused-ring (bicyclic) bond motifs is 1. The maximum atomic E-state index is 5.60. The molecular formula is C16H21N3O2. The number of benzene rings is 1. The lowest BCUT2D eigenvalue weighted by Gasteiger charge is -2.19. The molecule has 1 aromatic heterocycles. The molecule has 0 spiro atoms. The van der Waals surface area contributed by atoms with Gasteiger partial charge in [0.1, 0.15) is 13.2 Å².